The first-order chi connectivity index (χ1) is 9.84. The molecule has 3 heteroatoms. The van der Waals surface area contributed by atoms with E-state index in [4.69, 9.17) is 4.43 Å². The Morgan fingerprint density at radius 3 is 2.43 bits per heavy atom. The molecule has 0 aliphatic rings. The van der Waals surface area contributed by atoms with Gasteiger partial charge in [0.2, 0.25) is 0 Å². The van der Waals surface area contributed by atoms with Gasteiger partial charge in [0.1, 0.15) is 6.29 Å². The highest BCUT2D eigenvalue weighted by Crippen LogP contribution is 2.36. The second-order valence-corrected chi connectivity index (χ2v) is 8.85. The maximum absolute atomic E-state index is 10.2. The maximum atomic E-state index is 10.2. The maximum Gasteiger partial charge on any atom is 0.171 e. The van der Waals surface area contributed by atoms with E-state index < -0.39 is 9.04 Å². The third-order valence-corrected chi connectivity index (χ3v) is 3.81. The first kappa shape index (κ1) is 17.6. The van der Waals surface area contributed by atoms with Crippen molar-refractivity contribution in [3.05, 3.63) is 53.6 Å². The van der Waals surface area contributed by atoms with E-state index in [1.54, 1.807) is 6.08 Å². The van der Waals surface area contributed by atoms with Crippen LogP contribution in [-0.4, -0.2) is 15.3 Å². The summed E-state index contributed by atoms with van der Waals surface area (Å²) in [6.07, 6.45) is 7.97. The number of benzene rings is 1. The zero-order valence-corrected chi connectivity index (χ0v) is 14.8. The molecule has 0 heterocycles. The standard InChI is InChI=1S/C18H26O2Si/c1-18(2,3)17(20-21(4)5)16-12-9-11-15(14-16)10-7-6-8-13-19/h6-14,17,21H,1-5H3. The Kier molecular flexibility index (Phi) is 6.79. The third kappa shape index (κ3) is 6.23. The van der Waals surface area contributed by atoms with E-state index >= 15 is 0 Å². The van der Waals surface area contributed by atoms with Crippen LogP contribution >= 0.6 is 0 Å². The van der Waals surface area contributed by atoms with Crippen LogP contribution in [0.2, 0.25) is 13.1 Å². The molecule has 21 heavy (non-hydrogen) atoms. The van der Waals surface area contributed by atoms with Gasteiger partial charge in [-0.1, -0.05) is 57.2 Å². The van der Waals surface area contributed by atoms with Gasteiger partial charge in [-0.2, -0.15) is 0 Å². The Bertz CT molecular complexity index is 510. The van der Waals surface area contributed by atoms with Crippen LogP contribution in [-0.2, 0) is 9.22 Å². The molecule has 0 aliphatic heterocycles. The lowest BCUT2D eigenvalue weighted by molar-refractivity contribution is -0.104. The number of hydrogen-bond acceptors (Lipinski definition) is 2. The molecular weight excluding hydrogens is 276 g/mol. The summed E-state index contributed by atoms with van der Waals surface area (Å²) in [5.74, 6) is 0. The van der Waals surface area contributed by atoms with Gasteiger partial charge in [0.05, 0.1) is 6.10 Å². The fourth-order valence-corrected chi connectivity index (χ4v) is 3.27. The fourth-order valence-electron chi connectivity index (χ4n) is 2.16. The molecule has 1 unspecified atom stereocenters. The van der Waals surface area contributed by atoms with Crippen LogP contribution in [0.5, 0.6) is 0 Å². The van der Waals surface area contributed by atoms with Gasteiger partial charge in [0.15, 0.2) is 9.04 Å². The van der Waals surface area contributed by atoms with Crippen molar-refractivity contribution in [2.24, 2.45) is 5.41 Å². The summed E-state index contributed by atoms with van der Waals surface area (Å²) in [4.78, 5) is 10.2. The normalized spacial score (nSPS) is 14.2. The first-order valence-electron chi connectivity index (χ1n) is 7.38. The summed E-state index contributed by atoms with van der Waals surface area (Å²) in [6.45, 7) is 11.0. The van der Waals surface area contributed by atoms with Gasteiger partial charge in [0, 0.05) is 0 Å². The summed E-state index contributed by atoms with van der Waals surface area (Å²) >= 11 is 0. The predicted octanol–water partition coefficient (Wildman–Crippen LogP) is 4.54. The van der Waals surface area contributed by atoms with Crippen molar-refractivity contribution in [1.82, 2.24) is 0 Å². The largest absolute Gasteiger partial charge is 0.413 e. The first-order valence-corrected chi connectivity index (χ1v) is 10.2. The minimum atomic E-state index is -1.11. The Balaban J connectivity index is 3.02. The number of hydrogen-bond donors (Lipinski definition) is 0. The molecule has 1 aromatic carbocycles. The summed E-state index contributed by atoms with van der Waals surface area (Å²) in [6, 6.07) is 8.41. The molecule has 0 saturated heterocycles. The van der Waals surface area contributed by atoms with E-state index in [9.17, 15) is 4.79 Å². The van der Waals surface area contributed by atoms with Crippen LogP contribution in [0.1, 0.15) is 38.0 Å². The number of rotatable bonds is 6. The molecule has 0 spiro atoms. The van der Waals surface area contributed by atoms with E-state index in [-0.39, 0.29) is 11.5 Å². The van der Waals surface area contributed by atoms with Crippen LogP contribution in [0.4, 0.5) is 0 Å². The smallest absolute Gasteiger partial charge is 0.171 e. The van der Waals surface area contributed by atoms with E-state index in [1.807, 2.05) is 12.2 Å². The average Bonchev–Trinajstić information content (AvgIpc) is 2.40. The molecule has 0 aliphatic carbocycles. The van der Waals surface area contributed by atoms with Crippen LogP contribution in [0, 0.1) is 5.41 Å². The Morgan fingerprint density at radius 1 is 1.14 bits per heavy atom. The lowest BCUT2D eigenvalue weighted by atomic mass is 9.84. The number of allylic oxidation sites excluding steroid dienone is 3. The van der Waals surface area contributed by atoms with Gasteiger partial charge in [-0.15, -0.1) is 0 Å². The second-order valence-electron chi connectivity index (χ2n) is 6.48. The number of aldehydes is 1. The summed E-state index contributed by atoms with van der Waals surface area (Å²) < 4.78 is 6.25. The average molecular weight is 302 g/mol. The van der Waals surface area contributed by atoms with Crippen LogP contribution in [0.3, 0.4) is 0 Å². The lowest BCUT2D eigenvalue weighted by Crippen LogP contribution is -2.25. The van der Waals surface area contributed by atoms with Crippen LogP contribution in [0.25, 0.3) is 6.08 Å². The Labute approximate surface area is 130 Å². The predicted molar refractivity (Wildman–Crippen MR) is 92.8 cm³/mol. The van der Waals surface area contributed by atoms with Gasteiger partial charge < -0.3 is 4.43 Å². The van der Waals surface area contributed by atoms with E-state index in [0.29, 0.717) is 0 Å². The molecule has 0 saturated carbocycles. The van der Waals surface area contributed by atoms with Gasteiger partial charge in [-0.25, -0.2) is 0 Å². The highest BCUT2D eigenvalue weighted by molar-refractivity contribution is 6.48. The quantitative estimate of drug-likeness (QED) is 0.334. The summed E-state index contributed by atoms with van der Waals surface area (Å²) in [5, 5.41) is 0. The van der Waals surface area contributed by atoms with Crippen LogP contribution < -0.4 is 0 Å². The summed E-state index contributed by atoms with van der Waals surface area (Å²) in [5.41, 5.74) is 2.40. The van der Waals surface area contributed by atoms with Crippen molar-refractivity contribution < 1.29 is 9.22 Å². The monoisotopic (exact) mass is 302 g/mol. The van der Waals surface area contributed by atoms with E-state index in [1.165, 1.54) is 11.6 Å². The minimum Gasteiger partial charge on any atom is -0.413 e. The van der Waals surface area contributed by atoms with Crippen molar-refractivity contribution in [2.45, 2.75) is 40.0 Å². The zero-order chi connectivity index (χ0) is 15.9. The number of carbonyl (C=O) groups is 1. The fraction of sp³-hybridized carbons (Fsp3) is 0.389. The molecule has 0 radical (unpaired) electrons. The van der Waals surface area contributed by atoms with Gasteiger partial charge in [-0.3, -0.25) is 4.79 Å². The lowest BCUT2D eigenvalue weighted by Gasteiger charge is -2.33. The van der Waals surface area contributed by atoms with Gasteiger partial charge in [0.25, 0.3) is 0 Å². The van der Waals surface area contributed by atoms with Gasteiger partial charge in [-0.05, 0) is 41.8 Å². The van der Waals surface area contributed by atoms with E-state index in [0.717, 1.165) is 11.8 Å². The van der Waals surface area contributed by atoms with Gasteiger partial charge >= 0.3 is 0 Å². The van der Waals surface area contributed by atoms with E-state index in [2.05, 4.69) is 58.1 Å². The van der Waals surface area contributed by atoms with Crippen molar-refractivity contribution >= 4 is 21.4 Å². The summed E-state index contributed by atoms with van der Waals surface area (Å²) in [7, 11) is -1.11. The molecule has 0 fully saturated rings. The second kappa shape index (κ2) is 8.10. The molecule has 0 aromatic heterocycles. The molecule has 1 rings (SSSR count). The molecule has 1 atom stereocenters. The third-order valence-electron chi connectivity index (χ3n) is 3.00. The minimum absolute atomic E-state index is 0.0665. The molecule has 0 N–H and O–H groups in total. The Morgan fingerprint density at radius 2 is 1.86 bits per heavy atom. The topological polar surface area (TPSA) is 26.3 Å². The molecule has 1 aromatic rings. The molecule has 114 valence electrons. The zero-order valence-electron chi connectivity index (χ0n) is 13.7. The Hall–Kier alpha value is -1.45. The molecule has 0 amide bonds. The molecular formula is C18H26O2Si. The molecule has 0 bridgehead atoms. The van der Waals surface area contributed by atoms with Crippen molar-refractivity contribution in [2.75, 3.05) is 0 Å². The van der Waals surface area contributed by atoms with Crippen molar-refractivity contribution in [1.29, 1.82) is 0 Å². The van der Waals surface area contributed by atoms with Crippen LogP contribution in [0.15, 0.2) is 42.5 Å². The highest BCUT2D eigenvalue weighted by Gasteiger charge is 2.27. The highest BCUT2D eigenvalue weighted by atomic mass is 28.3. The van der Waals surface area contributed by atoms with Crippen molar-refractivity contribution in [3.8, 4) is 0 Å². The SMILES string of the molecule is C[SiH](C)OC(c1cccc(C=CC=CC=O)c1)C(C)(C)C. The number of carbonyl (C=O) groups excluding carboxylic acids is 1. The molecule has 2 nitrogen and oxygen atoms in total. The van der Waals surface area contributed by atoms with Crippen molar-refractivity contribution in [3.63, 3.8) is 0 Å².